The number of aromatic nitrogens is 1. The summed E-state index contributed by atoms with van der Waals surface area (Å²) in [4.78, 5) is 29.3. The summed E-state index contributed by atoms with van der Waals surface area (Å²) < 4.78 is 2.02. The van der Waals surface area contributed by atoms with Gasteiger partial charge in [0.1, 0.15) is 11.2 Å². The number of fused-ring (bicyclic) bond motifs is 3. The van der Waals surface area contributed by atoms with Crippen molar-refractivity contribution in [3.8, 4) is 0 Å². The van der Waals surface area contributed by atoms with Crippen LogP contribution in [0.2, 0.25) is 0 Å². The summed E-state index contributed by atoms with van der Waals surface area (Å²) in [5.74, 6) is -0.204. The van der Waals surface area contributed by atoms with Crippen LogP contribution in [0.3, 0.4) is 0 Å². The fraction of sp³-hybridized carbons (Fsp3) is 0.385. The van der Waals surface area contributed by atoms with Gasteiger partial charge in [0, 0.05) is 22.6 Å². The fourth-order valence-corrected chi connectivity index (χ4v) is 5.13. The SMILES string of the molecule is Cc1ccc(N2C(=O)c3cc4ccccc4n3CC2(C)C(=O)NC2CCCC2)cc1C. The van der Waals surface area contributed by atoms with Gasteiger partial charge < -0.3 is 9.88 Å². The first-order valence-corrected chi connectivity index (χ1v) is 11.2. The summed E-state index contributed by atoms with van der Waals surface area (Å²) in [6.07, 6.45) is 4.32. The first-order valence-electron chi connectivity index (χ1n) is 11.2. The number of aryl methyl sites for hydroxylation is 2. The standard InChI is InChI=1S/C26H29N3O2/c1-17-12-13-21(14-18(17)2)29-24(30)23-15-19-8-4-7-11-22(19)28(23)16-26(29,3)25(31)27-20-9-5-6-10-20/h4,7-8,11-15,20H,5-6,9-10,16H2,1-3H3,(H,27,31). The zero-order valence-corrected chi connectivity index (χ0v) is 18.4. The topological polar surface area (TPSA) is 54.3 Å². The minimum atomic E-state index is -1.02. The number of rotatable bonds is 3. The molecule has 0 radical (unpaired) electrons. The molecular weight excluding hydrogens is 386 g/mol. The van der Waals surface area contributed by atoms with E-state index in [9.17, 15) is 9.59 Å². The van der Waals surface area contributed by atoms with E-state index < -0.39 is 5.54 Å². The Hall–Kier alpha value is -3.08. The second kappa shape index (κ2) is 7.26. The van der Waals surface area contributed by atoms with E-state index in [2.05, 4.69) is 12.2 Å². The molecule has 1 fully saturated rings. The number of nitrogens with one attached hydrogen (secondary N) is 1. The molecule has 160 valence electrons. The van der Waals surface area contributed by atoms with E-state index in [0.29, 0.717) is 12.2 Å². The molecule has 1 saturated carbocycles. The number of para-hydroxylation sites is 1. The van der Waals surface area contributed by atoms with E-state index in [1.54, 1.807) is 4.90 Å². The summed E-state index contributed by atoms with van der Waals surface area (Å²) in [7, 11) is 0. The highest BCUT2D eigenvalue weighted by Gasteiger charge is 2.49. The van der Waals surface area contributed by atoms with Gasteiger partial charge in [0.15, 0.2) is 0 Å². The zero-order chi connectivity index (χ0) is 21.8. The molecule has 0 saturated heterocycles. The molecule has 0 spiro atoms. The number of carbonyl (C=O) groups excluding carboxylic acids is 2. The molecule has 3 aromatic rings. The number of anilines is 1. The predicted molar refractivity (Wildman–Crippen MR) is 123 cm³/mol. The van der Waals surface area contributed by atoms with E-state index in [1.165, 1.54) is 5.56 Å². The molecule has 1 aliphatic heterocycles. The third-order valence-electron chi connectivity index (χ3n) is 7.12. The Bertz CT molecular complexity index is 1190. The number of amides is 2. The Morgan fingerprint density at radius 2 is 1.77 bits per heavy atom. The second-order valence-corrected chi connectivity index (χ2v) is 9.31. The number of hydrogen-bond acceptors (Lipinski definition) is 2. The molecular formula is C26H29N3O2. The molecule has 1 N–H and O–H groups in total. The van der Waals surface area contributed by atoms with Gasteiger partial charge in [-0.3, -0.25) is 14.5 Å². The summed E-state index contributed by atoms with van der Waals surface area (Å²) in [5, 5.41) is 4.28. The van der Waals surface area contributed by atoms with Crippen molar-refractivity contribution in [1.82, 2.24) is 9.88 Å². The van der Waals surface area contributed by atoms with Gasteiger partial charge in [-0.15, -0.1) is 0 Å². The molecule has 1 aromatic heterocycles. The highest BCUT2D eigenvalue weighted by Crippen LogP contribution is 2.37. The molecule has 5 nitrogen and oxygen atoms in total. The van der Waals surface area contributed by atoms with Crippen LogP contribution < -0.4 is 10.2 Å². The third-order valence-corrected chi connectivity index (χ3v) is 7.12. The van der Waals surface area contributed by atoms with Crippen molar-refractivity contribution in [3.63, 3.8) is 0 Å². The lowest BCUT2D eigenvalue weighted by Gasteiger charge is -2.44. The quantitative estimate of drug-likeness (QED) is 0.672. The first-order chi connectivity index (χ1) is 14.9. The van der Waals surface area contributed by atoms with Gasteiger partial charge in [-0.2, -0.15) is 0 Å². The minimum Gasteiger partial charge on any atom is -0.351 e. The molecule has 1 aliphatic carbocycles. The molecule has 1 atom stereocenters. The number of hydrogen-bond donors (Lipinski definition) is 1. The van der Waals surface area contributed by atoms with Crippen LogP contribution in [0.5, 0.6) is 0 Å². The Labute approximate surface area is 183 Å². The van der Waals surface area contributed by atoms with Crippen LogP contribution >= 0.6 is 0 Å². The molecule has 0 bridgehead atoms. The first kappa shape index (κ1) is 19.9. The van der Waals surface area contributed by atoms with Crippen LogP contribution in [0.25, 0.3) is 10.9 Å². The zero-order valence-electron chi connectivity index (χ0n) is 18.4. The van der Waals surface area contributed by atoms with Gasteiger partial charge in [-0.25, -0.2) is 0 Å². The number of carbonyl (C=O) groups is 2. The van der Waals surface area contributed by atoms with Crippen LogP contribution in [-0.4, -0.2) is 28.0 Å². The molecule has 2 aromatic carbocycles. The monoisotopic (exact) mass is 415 g/mol. The summed E-state index contributed by atoms with van der Waals surface area (Å²) in [6, 6.07) is 16.1. The molecule has 2 heterocycles. The average molecular weight is 416 g/mol. The highest BCUT2D eigenvalue weighted by molar-refractivity contribution is 6.14. The minimum absolute atomic E-state index is 0.0746. The maximum Gasteiger partial charge on any atom is 0.275 e. The second-order valence-electron chi connectivity index (χ2n) is 9.31. The van der Waals surface area contributed by atoms with Crippen LogP contribution in [0.1, 0.15) is 54.2 Å². The molecule has 1 unspecified atom stereocenters. The van der Waals surface area contributed by atoms with E-state index in [1.807, 2.05) is 66.9 Å². The van der Waals surface area contributed by atoms with E-state index in [4.69, 9.17) is 0 Å². The summed E-state index contributed by atoms with van der Waals surface area (Å²) in [5.41, 5.74) is 3.65. The molecule has 2 amide bonds. The van der Waals surface area contributed by atoms with Gasteiger partial charge in [0.2, 0.25) is 5.91 Å². The normalized spacial score (nSPS) is 21.5. The van der Waals surface area contributed by atoms with Gasteiger partial charge in [-0.1, -0.05) is 37.1 Å². The Morgan fingerprint density at radius 3 is 2.52 bits per heavy atom. The lowest BCUT2D eigenvalue weighted by molar-refractivity contribution is -0.127. The van der Waals surface area contributed by atoms with Crippen molar-refractivity contribution in [3.05, 3.63) is 65.4 Å². The van der Waals surface area contributed by atoms with Crippen LogP contribution in [0.4, 0.5) is 5.69 Å². The smallest absolute Gasteiger partial charge is 0.275 e. The van der Waals surface area contributed by atoms with E-state index in [0.717, 1.165) is 47.8 Å². The lowest BCUT2D eigenvalue weighted by Crippen LogP contribution is -2.65. The fourth-order valence-electron chi connectivity index (χ4n) is 5.13. The van der Waals surface area contributed by atoms with Crippen molar-refractivity contribution in [2.45, 2.75) is 64.6 Å². The van der Waals surface area contributed by atoms with Gasteiger partial charge in [-0.05, 0) is 69.0 Å². The van der Waals surface area contributed by atoms with Gasteiger partial charge in [0.25, 0.3) is 5.91 Å². The van der Waals surface area contributed by atoms with Crippen LogP contribution in [-0.2, 0) is 11.3 Å². The third kappa shape index (κ3) is 3.14. The highest BCUT2D eigenvalue weighted by atomic mass is 16.2. The predicted octanol–water partition coefficient (Wildman–Crippen LogP) is 4.74. The van der Waals surface area contributed by atoms with Gasteiger partial charge >= 0.3 is 0 Å². The Morgan fingerprint density at radius 1 is 1.03 bits per heavy atom. The van der Waals surface area contributed by atoms with Crippen molar-refractivity contribution in [2.24, 2.45) is 0 Å². The van der Waals surface area contributed by atoms with Crippen LogP contribution in [0, 0.1) is 13.8 Å². The maximum absolute atomic E-state index is 13.9. The lowest BCUT2D eigenvalue weighted by atomic mass is 9.92. The Kier molecular flexibility index (Phi) is 4.65. The molecule has 5 heteroatoms. The van der Waals surface area contributed by atoms with Crippen molar-refractivity contribution >= 4 is 28.4 Å². The Balaban J connectivity index is 1.65. The average Bonchev–Trinajstić information content (AvgIpc) is 3.38. The molecule has 2 aliphatic rings. The largest absolute Gasteiger partial charge is 0.351 e. The summed E-state index contributed by atoms with van der Waals surface area (Å²) >= 11 is 0. The maximum atomic E-state index is 13.9. The van der Waals surface area contributed by atoms with E-state index >= 15 is 0 Å². The number of nitrogens with zero attached hydrogens (tertiary/aromatic N) is 2. The van der Waals surface area contributed by atoms with E-state index in [-0.39, 0.29) is 17.9 Å². The van der Waals surface area contributed by atoms with Gasteiger partial charge in [0.05, 0.1) is 6.54 Å². The van der Waals surface area contributed by atoms with Crippen LogP contribution in [0.15, 0.2) is 48.5 Å². The number of benzene rings is 2. The molecule has 5 rings (SSSR count). The van der Waals surface area contributed by atoms with Crippen molar-refractivity contribution in [2.75, 3.05) is 4.90 Å². The summed E-state index contributed by atoms with van der Waals surface area (Å²) in [6.45, 7) is 6.43. The molecule has 31 heavy (non-hydrogen) atoms. The van der Waals surface area contributed by atoms with Crippen molar-refractivity contribution in [1.29, 1.82) is 0 Å². The van der Waals surface area contributed by atoms with Crippen molar-refractivity contribution < 1.29 is 9.59 Å².